The first kappa shape index (κ1) is 21.4. The topological polar surface area (TPSA) is 55.2 Å². The molecule has 1 amide bonds. The molecule has 0 atom stereocenters. The Morgan fingerprint density at radius 3 is 2.35 bits per heavy atom. The van der Waals surface area contributed by atoms with E-state index in [9.17, 15) is 9.59 Å². The van der Waals surface area contributed by atoms with E-state index in [0.29, 0.717) is 11.3 Å². The lowest BCUT2D eigenvalue weighted by molar-refractivity contribution is 0.0792. The van der Waals surface area contributed by atoms with Gasteiger partial charge in [-0.05, 0) is 63.9 Å². The number of carbonyl (C=O) groups excluding carboxylic acids is 2. The van der Waals surface area contributed by atoms with Crippen LogP contribution in [0.4, 0.5) is 0 Å². The van der Waals surface area contributed by atoms with Crippen LogP contribution in [0.2, 0.25) is 0 Å². The molecule has 4 rings (SSSR count). The van der Waals surface area contributed by atoms with E-state index < -0.39 is 0 Å². The number of aromatic nitrogens is 2. The Kier molecular flexibility index (Phi) is 6.28. The van der Waals surface area contributed by atoms with Gasteiger partial charge in [-0.1, -0.05) is 29.5 Å². The third kappa shape index (κ3) is 4.59. The van der Waals surface area contributed by atoms with E-state index >= 15 is 0 Å². The van der Waals surface area contributed by atoms with Crippen LogP contribution >= 0.6 is 11.8 Å². The van der Waals surface area contributed by atoms with Gasteiger partial charge in [-0.2, -0.15) is 0 Å². The lowest BCUT2D eigenvalue weighted by Gasteiger charge is -2.14. The first-order valence-electron chi connectivity index (χ1n) is 10.6. The van der Waals surface area contributed by atoms with E-state index in [1.54, 1.807) is 6.20 Å². The number of carbonyl (C=O) groups is 2. The van der Waals surface area contributed by atoms with Gasteiger partial charge in [-0.15, -0.1) is 0 Å². The maximum atomic E-state index is 12.9. The first-order chi connectivity index (χ1) is 14.9. The molecule has 0 radical (unpaired) electrons. The minimum atomic E-state index is 0.0428. The average Bonchev–Trinajstić information content (AvgIpc) is 3.41. The van der Waals surface area contributed by atoms with E-state index in [0.717, 1.165) is 53.6 Å². The van der Waals surface area contributed by atoms with Crippen LogP contribution in [-0.4, -0.2) is 45.0 Å². The van der Waals surface area contributed by atoms with Gasteiger partial charge in [-0.3, -0.25) is 9.59 Å². The number of ketones is 1. The van der Waals surface area contributed by atoms with Gasteiger partial charge >= 0.3 is 0 Å². The van der Waals surface area contributed by atoms with Gasteiger partial charge in [-0.25, -0.2) is 4.98 Å². The van der Waals surface area contributed by atoms with Crippen molar-refractivity contribution in [2.24, 2.45) is 0 Å². The number of amides is 1. The van der Waals surface area contributed by atoms with Crippen molar-refractivity contribution in [2.75, 3.05) is 18.8 Å². The van der Waals surface area contributed by atoms with Crippen LogP contribution in [0.1, 0.15) is 50.5 Å². The van der Waals surface area contributed by atoms with Crippen molar-refractivity contribution in [2.45, 2.75) is 38.6 Å². The molecule has 0 unspecified atom stereocenters. The number of hydrogen-bond acceptors (Lipinski definition) is 4. The summed E-state index contributed by atoms with van der Waals surface area (Å²) in [5, 5.41) is 0.749. The summed E-state index contributed by atoms with van der Waals surface area (Å²) in [6, 6.07) is 13.9. The van der Waals surface area contributed by atoms with E-state index in [1.807, 2.05) is 36.9 Å². The molecule has 3 heterocycles. The number of nitrogens with zero attached hydrogens (tertiary/aromatic N) is 3. The van der Waals surface area contributed by atoms with E-state index in [4.69, 9.17) is 0 Å². The van der Waals surface area contributed by atoms with Gasteiger partial charge in [0.2, 0.25) is 0 Å². The molecule has 3 aromatic rings. The Balaban J connectivity index is 1.42. The van der Waals surface area contributed by atoms with Crippen LogP contribution < -0.4 is 0 Å². The summed E-state index contributed by atoms with van der Waals surface area (Å²) in [4.78, 5) is 31.6. The SMILES string of the molecule is Cc1ccc(-n2c(C)cc(C(=O)CSc3ccc(C(=O)N4CCCC4)cn3)c2C)cc1. The maximum Gasteiger partial charge on any atom is 0.255 e. The highest BCUT2D eigenvalue weighted by Crippen LogP contribution is 2.24. The summed E-state index contributed by atoms with van der Waals surface area (Å²) >= 11 is 1.40. The molecule has 6 heteroatoms. The van der Waals surface area contributed by atoms with Gasteiger partial charge in [0.25, 0.3) is 5.91 Å². The van der Waals surface area contributed by atoms with Crippen molar-refractivity contribution in [1.82, 2.24) is 14.5 Å². The summed E-state index contributed by atoms with van der Waals surface area (Å²) in [6.45, 7) is 7.72. The molecular formula is C25H27N3O2S. The highest BCUT2D eigenvalue weighted by Gasteiger charge is 2.20. The summed E-state index contributed by atoms with van der Waals surface area (Å²) < 4.78 is 2.12. The van der Waals surface area contributed by atoms with Crippen molar-refractivity contribution >= 4 is 23.5 Å². The molecule has 0 N–H and O–H groups in total. The van der Waals surface area contributed by atoms with E-state index in [2.05, 4.69) is 40.7 Å². The molecule has 1 aliphatic rings. The van der Waals surface area contributed by atoms with Gasteiger partial charge in [0, 0.05) is 41.9 Å². The Hall–Kier alpha value is -2.86. The number of benzene rings is 1. The minimum absolute atomic E-state index is 0.0428. The van der Waals surface area contributed by atoms with Crippen LogP contribution in [0, 0.1) is 20.8 Å². The average molecular weight is 434 g/mol. The van der Waals surface area contributed by atoms with Crippen molar-refractivity contribution in [3.05, 3.63) is 76.7 Å². The summed E-state index contributed by atoms with van der Waals surface area (Å²) in [7, 11) is 0. The standard InChI is InChI=1S/C25H27N3O2S/c1-17-6-9-21(10-7-17)28-18(2)14-22(19(28)3)23(29)16-31-24-11-8-20(15-26-24)25(30)27-12-4-5-13-27/h6-11,14-15H,4-5,12-13,16H2,1-3H3. The molecule has 1 aromatic carbocycles. The number of hydrogen-bond donors (Lipinski definition) is 0. The van der Waals surface area contributed by atoms with Crippen LogP contribution in [0.3, 0.4) is 0 Å². The van der Waals surface area contributed by atoms with Crippen LogP contribution in [0.25, 0.3) is 5.69 Å². The number of aryl methyl sites for hydroxylation is 2. The third-order valence-corrected chi connectivity index (χ3v) is 6.70. The van der Waals surface area contributed by atoms with Crippen LogP contribution in [0.5, 0.6) is 0 Å². The summed E-state index contributed by atoms with van der Waals surface area (Å²) in [6.07, 6.45) is 3.76. The molecule has 5 nitrogen and oxygen atoms in total. The molecule has 1 fully saturated rings. The zero-order valence-corrected chi connectivity index (χ0v) is 19.0. The third-order valence-electron chi connectivity index (χ3n) is 5.75. The van der Waals surface area contributed by atoms with Gasteiger partial charge in [0.15, 0.2) is 5.78 Å². The Bertz CT molecular complexity index is 1100. The molecule has 160 valence electrons. The fourth-order valence-electron chi connectivity index (χ4n) is 4.05. The van der Waals surface area contributed by atoms with Crippen LogP contribution in [-0.2, 0) is 0 Å². The quantitative estimate of drug-likeness (QED) is 0.405. The lowest BCUT2D eigenvalue weighted by Crippen LogP contribution is -2.27. The fourth-order valence-corrected chi connectivity index (χ4v) is 4.77. The Morgan fingerprint density at radius 2 is 1.71 bits per heavy atom. The van der Waals surface area contributed by atoms with Crippen molar-refractivity contribution in [1.29, 1.82) is 0 Å². The fraction of sp³-hybridized carbons (Fsp3) is 0.320. The zero-order chi connectivity index (χ0) is 22.0. The number of rotatable bonds is 6. The van der Waals surface area contributed by atoms with E-state index in [1.165, 1.54) is 17.3 Å². The number of thioether (sulfide) groups is 1. The molecule has 2 aromatic heterocycles. The Labute approximate surface area is 187 Å². The normalized spacial score (nSPS) is 13.6. The number of Topliss-reactive ketones (excluding diaryl/α,β-unsaturated/α-hetero) is 1. The summed E-state index contributed by atoms with van der Waals surface area (Å²) in [5.74, 6) is 0.432. The van der Waals surface area contributed by atoms with Crippen molar-refractivity contribution < 1.29 is 9.59 Å². The zero-order valence-electron chi connectivity index (χ0n) is 18.2. The smallest absolute Gasteiger partial charge is 0.255 e. The number of likely N-dealkylation sites (tertiary alicyclic amines) is 1. The molecule has 0 saturated carbocycles. The molecule has 31 heavy (non-hydrogen) atoms. The largest absolute Gasteiger partial charge is 0.339 e. The highest BCUT2D eigenvalue weighted by atomic mass is 32.2. The predicted molar refractivity (Wildman–Crippen MR) is 124 cm³/mol. The predicted octanol–water partition coefficient (Wildman–Crippen LogP) is 5.01. The van der Waals surface area contributed by atoms with Gasteiger partial charge < -0.3 is 9.47 Å². The first-order valence-corrected chi connectivity index (χ1v) is 11.6. The molecule has 0 aliphatic carbocycles. The molecule has 0 bridgehead atoms. The molecule has 1 aliphatic heterocycles. The second-order valence-electron chi connectivity index (χ2n) is 8.05. The molecule has 0 spiro atoms. The van der Waals surface area contributed by atoms with Gasteiger partial charge in [0.1, 0.15) is 0 Å². The van der Waals surface area contributed by atoms with Crippen molar-refractivity contribution in [3.63, 3.8) is 0 Å². The lowest BCUT2D eigenvalue weighted by atomic mass is 10.2. The van der Waals surface area contributed by atoms with Crippen molar-refractivity contribution in [3.8, 4) is 5.69 Å². The summed E-state index contributed by atoms with van der Waals surface area (Å²) in [5.41, 5.74) is 5.61. The molecular weight excluding hydrogens is 406 g/mol. The Morgan fingerprint density at radius 1 is 1.00 bits per heavy atom. The monoisotopic (exact) mass is 433 g/mol. The maximum absolute atomic E-state index is 12.9. The second kappa shape index (κ2) is 9.10. The highest BCUT2D eigenvalue weighted by molar-refractivity contribution is 7.99. The molecule has 1 saturated heterocycles. The number of pyridine rings is 1. The second-order valence-corrected chi connectivity index (χ2v) is 9.05. The van der Waals surface area contributed by atoms with Gasteiger partial charge in [0.05, 0.1) is 16.3 Å². The minimum Gasteiger partial charge on any atom is -0.339 e. The van der Waals surface area contributed by atoms with Crippen LogP contribution in [0.15, 0.2) is 53.7 Å². The van der Waals surface area contributed by atoms with E-state index in [-0.39, 0.29) is 11.7 Å².